The second-order valence-corrected chi connectivity index (χ2v) is 17.5. The molecule has 4 bridgehead atoms. The fourth-order valence-corrected chi connectivity index (χ4v) is 13.6. The lowest BCUT2D eigenvalue weighted by molar-refractivity contribution is 0.201. The number of hydrogen-bond donors (Lipinski definition) is 1. The monoisotopic (exact) mass is 748 g/mol. The van der Waals surface area contributed by atoms with Crippen LogP contribution in [0.2, 0.25) is 0 Å². The Kier molecular flexibility index (Phi) is 5.90. The minimum absolute atomic E-state index is 0.0783. The van der Waals surface area contributed by atoms with E-state index in [4.69, 9.17) is 139 Å². The van der Waals surface area contributed by atoms with E-state index in [1.807, 2.05) is 0 Å². The highest BCUT2D eigenvalue weighted by molar-refractivity contribution is 7.85. The first-order valence-electron chi connectivity index (χ1n) is 9.96. The summed E-state index contributed by atoms with van der Waals surface area (Å²) in [6, 6.07) is 3.85. The Morgan fingerprint density at radius 2 is 0.972 bits per heavy atom. The molecule has 1 N–H and O–H groups in total. The minimum Gasteiger partial charge on any atom is -0.282 e. The molecule has 1 aromatic carbocycles. The fraction of sp³-hybridized carbons (Fsp3) is 0.500. The molecular weight excluding hydrogens is 746 g/mol. The third-order valence-corrected chi connectivity index (χ3v) is 17.8. The summed E-state index contributed by atoms with van der Waals surface area (Å²) in [5.74, 6) is -3.79. The van der Waals surface area contributed by atoms with Crippen molar-refractivity contribution >= 4 is 149 Å². The van der Waals surface area contributed by atoms with Crippen molar-refractivity contribution in [3.63, 3.8) is 0 Å². The number of fused-ring (bicyclic) bond motifs is 14. The molecule has 5 aliphatic carbocycles. The first kappa shape index (κ1) is 28.2. The molecule has 1 aromatic rings. The summed E-state index contributed by atoms with van der Waals surface area (Å²) in [4.78, 5) is -7.73. The molecule has 0 aliphatic heterocycles. The molecule has 16 heteroatoms. The summed E-state index contributed by atoms with van der Waals surface area (Å²) in [5.41, 5.74) is 0.705. The maximum Gasteiger partial charge on any atom is 0.294 e. The van der Waals surface area contributed by atoms with Gasteiger partial charge in [-0.25, -0.2) is 0 Å². The molecule has 2 saturated carbocycles. The van der Waals surface area contributed by atoms with Gasteiger partial charge in [0.2, 0.25) is 0 Å². The van der Waals surface area contributed by atoms with Crippen LogP contribution in [0.5, 0.6) is 0 Å². The molecule has 36 heavy (non-hydrogen) atoms. The topological polar surface area (TPSA) is 54.4 Å². The van der Waals surface area contributed by atoms with Gasteiger partial charge in [-0.3, -0.25) is 4.55 Å². The second kappa shape index (κ2) is 7.53. The van der Waals surface area contributed by atoms with Crippen LogP contribution in [0.1, 0.15) is 23.0 Å². The van der Waals surface area contributed by atoms with Gasteiger partial charge in [0.1, 0.15) is 19.5 Å². The normalized spacial score (nSPS) is 47.4. The molecule has 4 unspecified atom stereocenters. The highest BCUT2D eigenvalue weighted by Crippen LogP contribution is 2.88. The Labute approximate surface area is 265 Å². The molecule has 2 fully saturated rings. The molecule has 0 heterocycles. The van der Waals surface area contributed by atoms with Crippen LogP contribution in [-0.4, -0.2) is 41.1 Å². The molecule has 6 rings (SSSR count). The van der Waals surface area contributed by atoms with E-state index in [1.165, 1.54) is 18.2 Å². The number of benzene rings is 1. The average Bonchev–Trinajstić information content (AvgIpc) is 3.12. The number of alkyl halides is 8. The number of allylic oxidation sites excluding steroid dienone is 4. The Bertz CT molecular complexity index is 1470. The van der Waals surface area contributed by atoms with Crippen molar-refractivity contribution in [2.24, 2.45) is 11.8 Å². The molecule has 0 amide bonds. The maximum atomic E-state index is 12.1. The summed E-state index contributed by atoms with van der Waals surface area (Å²) in [5, 5.41) is -0.404. The van der Waals surface area contributed by atoms with Crippen molar-refractivity contribution in [2.45, 2.75) is 44.9 Å². The van der Waals surface area contributed by atoms with Crippen molar-refractivity contribution < 1.29 is 13.0 Å². The van der Waals surface area contributed by atoms with E-state index in [0.717, 1.165) is 0 Å². The Morgan fingerprint density at radius 1 is 0.611 bits per heavy atom. The smallest absolute Gasteiger partial charge is 0.282 e. The first-order chi connectivity index (χ1) is 16.2. The zero-order chi connectivity index (χ0) is 27.0. The van der Waals surface area contributed by atoms with Gasteiger partial charge in [0.05, 0.1) is 25.0 Å². The summed E-state index contributed by atoms with van der Waals surface area (Å²) in [7, 11) is -4.65. The maximum absolute atomic E-state index is 12.1. The quantitative estimate of drug-likeness (QED) is 0.230. The van der Waals surface area contributed by atoms with Crippen LogP contribution in [0.4, 0.5) is 0 Å². The van der Waals surface area contributed by atoms with Crippen molar-refractivity contribution in [3.05, 3.63) is 49.5 Å². The van der Waals surface area contributed by atoms with Crippen molar-refractivity contribution in [2.75, 3.05) is 0 Å². The standard InChI is InChI=1S/C20H8Cl12O3S/c21-11-13(23)17(27)9-7(15(11,25)19(17,29)30)5-2-1-4(36(33,34)35)3-6(5)8-10(9)18(28)14(24)12(22)16(8,26)20(18,31)32/h1-3,7-10H,(H,33,34,35)/t7?,8?,9?,10?,15-,16+,17+,18-/m0/s1. The van der Waals surface area contributed by atoms with Crippen LogP contribution >= 0.6 is 139 Å². The number of rotatable bonds is 1. The zero-order valence-electron chi connectivity index (χ0n) is 16.7. The third kappa shape index (κ3) is 2.51. The van der Waals surface area contributed by atoms with E-state index < -0.39 is 66.8 Å². The predicted molar refractivity (Wildman–Crippen MR) is 149 cm³/mol. The average molecular weight is 754 g/mol. The van der Waals surface area contributed by atoms with Crippen molar-refractivity contribution in [3.8, 4) is 0 Å². The van der Waals surface area contributed by atoms with E-state index in [9.17, 15) is 13.0 Å². The Hall–Kier alpha value is 2.09. The van der Waals surface area contributed by atoms with Gasteiger partial charge >= 0.3 is 0 Å². The van der Waals surface area contributed by atoms with Crippen LogP contribution < -0.4 is 0 Å². The van der Waals surface area contributed by atoms with Gasteiger partial charge < -0.3 is 0 Å². The van der Waals surface area contributed by atoms with Gasteiger partial charge in [-0.05, 0) is 23.3 Å². The van der Waals surface area contributed by atoms with Gasteiger partial charge in [0.25, 0.3) is 10.1 Å². The van der Waals surface area contributed by atoms with E-state index in [0.29, 0.717) is 5.56 Å². The zero-order valence-corrected chi connectivity index (χ0v) is 26.6. The van der Waals surface area contributed by atoms with Gasteiger partial charge in [-0.15, -0.1) is 46.4 Å². The van der Waals surface area contributed by atoms with Crippen molar-refractivity contribution in [1.29, 1.82) is 0 Å². The number of hydrogen-bond acceptors (Lipinski definition) is 2. The fourth-order valence-electron chi connectivity index (χ4n) is 7.04. The molecule has 3 nitrogen and oxygen atoms in total. The van der Waals surface area contributed by atoms with Crippen LogP contribution in [0, 0.1) is 11.8 Å². The Balaban J connectivity index is 1.80. The summed E-state index contributed by atoms with van der Waals surface area (Å²) >= 11 is 82.8. The molecular formula is C20H8Cl12O3S. The molecule has 0 aromatic heterocycles. The van der Waals surface area contributed by atoms with Gasteiger partial charge in [-0.1, -0.05) is 98.9 Å². The summed E-state index contributed by atoms with van der Waals surface area (Å²) in [6.45, 7) is 0. The summed E-state index contributed by atoms with van der Waals surface area (Å²) < 4.78 is 29.9. The minimum atomic E-state index is -4.65. The molecule has 0 radical (unpaired) electrons. The highest BCUT2D eigenvalue weighted by atomic mass is 35.5. The predicted octanol–water partition coefficient (Wildman–Crippen LogP) is 9.04. The largest absolute Gasteiger partial charge is 0.294 e. The van der Waals surface area contributed by atoms with Gasteiger partial charge in [0, 0.05) is 23.7 Å². The van der Waals surface area contributed by atoms with Crippen LogP contribution in [-0.2, 0) is 10.1 Å². The van der Waals surface area contributed by atoms with E-state index >= 15 is 0 Å². The van der Waals surface area contributed by atoms with E-state index in [1.54, 1.807) is 0 Å². The summed E-state index contributed by atoms with van der Waals surface area (Å²) in [6.07, 6.45) is 0. The molecule has 0 saturated heterocycles. The molecule has 0 spiro atoms. The lowest BCUT2D eigenvalue weighted by Gasteiger charge is -2.52. The van der Waals surface area contributed by atoms with Crippen LogP contribution in [0.3, 0.4) is 0 Å². The third-order valence-electron chi connectivity index (χ3n) is 8.40. The van der Waals surface area contributed by atoms with Crippen LogP contribution in [0.25, 0.3) is 0 Å². The van der Waals surface area contributed by atoms with Gasteiger partial charge in [-0.2, -0.15) is 8.42 Å². The molecule has 8 atom stereocenters. The number of halogens is 12. The van der Waals surface area contributed by atoms with Crippen molar-refractivity contribution in [1.82, 2.24) is 0 Å². The highest BCUT2D eigenvalue weighted by Gasteiger charge is 2.91. The van der Waals surface area contributed by atoms with Gasteiger partial charge in [0.15, 0.2) is 8.67 Å². The first-order valence-corrected chi connectivity index (χ1v) is 15.9. The van der Waals surface area contributed by atoms with Crippen LogP contribution in [0.15, 0.2) is 43.2 Å². The lowest BCUT2D eigenvalue weighted by atomic mass is 9.57. The molecule has 196 valence electrons. The van der Waals surface area contributed by atoms with E-state index in [-0.39, 0.29) is 25.7 Å². The second-order valence-electron chi connectivity index (χ2n) is 9.52. The molecule has 5 aliphatic rings. The lowest BCUT2D eigenvalue weighted by Crippen LogP contribution is -2.53. The van der Waals surface area contributed by atoms with E-state index in [2.05, 4.69) is 0 Å². The Morgan fingerprint density at radius 3 is 1.36 bits per heavy atom. The SMILES string of the molecule is O=S(=O)(O)c1ccc2c(c1)C1C(C3C2[C@]2(Cl)C(Cl)=C(Cl)[C@@]3(Cl)C2(Cl)Cl)[C@]2(Cl)C(Cl)=C(Cl)[C@@]1(Cl)C2(Cl)Cl.